The molecule has 1 aliphatic rings. The Hall–Kier alpha value is -3.70. The van der Waals surface area contributed by atoms with Gasteiger partial charge in [-0.05, 0) is 59.3 Å². The fraction of sp³-hybridized carbons (Fsp3) is 0.0769. The number of carbonyl (C=O) groups is 2. The van der Waals surface area contributed by atoms with Gasteiger partial charge in [-0.15, -0.1) is 11.3 Å². The second kappa shape index (κ2) is 8.20. The van der Waals surface area contributed by atoms with E-state index in [4.69, 9.17) is 0 Å². The summed E-state index contributed by atoms with van der Waals surface area (Å²) in [5, 5.41) is 4.74. The molecule has 3 aromatic carbocycles. The number of hydrogen-bond acceptors (Lipinski definition) is 3. The van der Waals surface area contributed by atoms with Crippen LogP contribution in [0.25, 0.3) is 11.1 Å². The molecule has 0 radical (unpaired) electrons. The fourth-order valence-corrected chi connectivity index (χ4v) is 4.57. The van der Waals surface area contributed by atoms with Gasteiger partial charge in [0.05, 0.1) is 10.6 Å². The van der Waals surface area contributed by atoms with Crippen LogP contribution in [0.1, 0.15) is 25.6 Å². The topological polar surface area (TPSA) is 49.4 Å². The molecule has 0 saturated carbocycles. The maximum atomic E-state index is 13.4. The molecule has 2 amide bonds. The number of benzene rings is 3. The van der Waals surface area contributed by atoms with Crippen molar-refractivity contribution in [3.05, 3.63) is 106 Å². The Balaban J connectivity index is 1.41. The van der Waals surface area contributed by atoms with E-state index in [1.165, 1.54) is 22.5 Å². The van der Waals surface area contributed by atoms with Gasteiger partial charge in [-0.2, -0.15) is 0 Å². The number of carbonyl (C=O) groups excluding carboxylic acids is 2. The number of para-hydroxylation sites is 1. The average Bonchev–Trinajstić information content (AvgIpc) is 3.30. The van der Waals surface area contributed by atoms with E-state index in [9.17, 15) is 9.59 Å². The summed E-state index contributed by atoms with van der Waals surface area (Å²) in [4.78, 5) is 28.2. The molecule has 0 fully saturated rings. The largest absolute Gasteiger partial charge is 0.321 e. The maximum Gasteiger partial charge on any atom is 0.265 e. The van der Waals surface area contributed by atoms with Gasteiger partial charge in [0.25, 0.3) is 11.8 Å². The monoisotopic (exact) mass is 424 g/mol. The van der Waals surface area contributed by atoms with E-state index < -0.39 is 0 Å². The molecule has 4 aromatic rings. The highest BCUT2D eigenvalue weighted by molar-refractivity contribution is 7.12. The molecule has 5 rings (SSSR count). The first-order chi connectivity index (χ1) is 15.2. The van der Waals surface area contributed by atoms with Crippen molar-refractivity contribution in [3.63, 3.8) is 0 Å². The molecular formula is C26H20N2O2S. The van der Waals surface area contributed by atoms with E-state index in [2.05, 4.69) is 23.5 Å². The number of rotatable bonds is 3. The molecule has 4 nitrogen and oxygen atoms in total. The van der Waals surface area contributed by atoms with E-state index >= 15 is 0 Å². The molecule has 5 heteroatoms. The molecule has 31 heavy (non-hydrogen) atoms. The highest BCUT2D eigenvalue weighted by Gasteiger charge is 2.24. The first kappa shape index (κ1) is 19.3. The third-order valence-corrected chi connectivity index (χ3v) is 6.36. The summed E-state index contributed by atoms with van der Waals surface area (Å²) in [6.45, 7) is 0.615. The number of thiophene rings is 1. The summed E-state index contributed by atoms with van der Waals surface area (Å²) in [6, 6.07) is 27.1. The first-order valence-electron chi connectivity index (χ1n) is 10.1. The van der Waals surface area contributed by atoms with Gasteiger partial charge < -0.3 is 10.2 Å². The lowest BCUT2D eigenvalue weighted by molar-refractivity contribution is 0.0986. The lowest BCUT2D eigenvalue weighted by Crippen LogP contribution is -2.32. The zero-order valence-corrected chi connectivity index (χ0v) is 17.6. The van der Waals surface area contributed by atoms with E-state index in [0.717, 1.165) is 17.7 Å². The predicted octanol–water partition coefficient (Wildman–Crippen LogP) is 5.87. The number of hydrogen-bond donors (Lipinski definition) is 1. The van der Waals surface area contributed by atoms with Gasteiger partial charge in [-0.1, -0.05) is 48.5 Å². The number of fused-ring (bicyclic) bond motifs is 3. The van der Waals surface area contributed by atoms with Gasteiger partial charge in [0.15, 0.2) is 0 Å². The Morgan fingerprint density at radius 2 is 1.55 bits per heavy atom. The molecule has 1 N–H and O–H groups in total. The summed E-state index contributed by atoms with van der Waals surface area (Å²) in [5.41, 5.74) is 5.68. The van der Waals surface area contributed by atoms with E-state index in [1.54, 1.807) is 30.3 Å². The standard InChI is InChI=1S/C26H20N2O2S/c29-25(24-10-5-17-31-24)27-20-13-11-19(12-14-20)26(30)28-16-15-18-6-1-2-7-21(18)22-8-3-4-9-23(22)28/h1-14,17H,15-16H2,(H,27,29). The van der Waals surface area contributed by atoms with Gasteiger partial charge in [0, 0.05) is 23.4 Å². The second-order valence-electron chi connectivity index (χ2n) is 7.39. The van der Waals surface area contributed by atoms with Crippen LogP contribution in [0, 0.1) is 0 Å². The van der Waals surface area contributed by atoms with E-state index in [0.29, 0.717) is 22.7 Å². The first-order valence-corrected chi connectivity index (χ1v) is 11.0. The maximum absolute atomic E-state index is 13.4. The summed E-state index contributed by atoms with van der Waals surface area (Å²) in [7, 11) is 0. The van der Waals surface area contributed by atoms with Crippen molar-refractivity contribution in [2.45, 2.75) is 6.42 Å². The SMILES string of the molecule is O=C(Nc1ccc(C(=O)N2CCc3ccccc3-c3ccccc32)cc1)c1cccs1. The van der Waals surface area contributed by atoms with Crippen LogP contribution in [0.4, 0.5) is 11.4 Å². The van der Waals surface area contributed by atoms with Crippen LogP contribution in [-0.2, 0) is 6.42 Å². The summed E-state index contributed by atoms with van der Waals surface area (Å²) < 4.78 is 0. The van der Waals surface area contributed by atoms with Crippen LogP contribution in [0.5, 0.6) is 0 Å². The Bertz CT molecular complexity index is 1250. The number of amides is 2. The highest BCUT2D eigenvalue weighted by atomic mass is 32.1. The zero-order valence-electron chi connectivity index (χ0n) is 16.7. The van der Waals surface area contributed by atoms with Crippen LogP contribution in [0.2, 0.25) is 0 Å². The highest BCUT2D eigenvalue weighted by Crippen LogP contribution is 2.36. The predicted molar refractivity (Wildman–Crippen MR) is 126 cm³/mol. The van der Waals surface area contributed by atoms with Crippen LogP contribution in [0.15, 0.2) is 90.3 Å². The normalized spacial score (nSPS) is 12.5. The second-order valence-corrected chi connectivity index (χ2v) is 8.34. The molecule has 1 aliphatic heterocycles. The third-order valence-electron chi connectivity index (χ3n) is 5.49. The number of nitrogens with one attached hydrogen (secondary N) is 1. The van der Waals surface area contributed by atoms with Crippen molar-refractivity contribution >= 4 is 34.5 Å². The van der Waals surface area contributed by atoms with Crippen LogP contribution in [0.3, 0.4) is 0 Å². The van der Waals surface area contributed by atoms with Crippen LogP contribution >= 0.6 is 11.3 Å². The molecule has 1 aromatic heterocycles. The molecule has 152 valence electrons. The Morgan fingerprint density at radius 1 is 0.806 bits per heavy atom. The van der Waals surface area contributed by atoms with Crippen molar-refractivity contribution in [1.82, 2.24) is 0 Å². The van der Waals surface area contributed by atoms with Gasteiger partial charge in [0.2, 0.25) is 0 Å². The van der Waals surface area contributed by atoms with Gasteiger partial charge in [-0.25, -0.2) is 0 Å². The average molecular weight is 425 g/mol. The zero-order chi connectivity index (χ0) is 21.2. The lowest BCUT2D eigenvalue weighted by atomic mass is 9.98. The van der Waals surface area contributed by atoms with Crippen molar-refractivity contribution in [1.29, 1.82) is 0 Å². The summed E-state index contributed by atoms with van der Waals surface area (Å²) >= 11 is 1.39. The Labute approximate surface area is 184 Å². The molecule has 0 atom stereocenters. The van der Waals surface area contributed by atoms with E-state index in [-0.39, 0.29) is 11.8 Å². The Morgan fingerprint density at radius 3 is 2.32 bits per heavy atom. The molecule has 0 saturated heterocycles. The van der Waals surface area contributed by atoms with Crippen molar-refractivity contribution in [2.75, 3.05) is 16.8 Å². The van der Waals surface area contributed by atoms with Crippen molar-refractivity contribution in [2.24, 2.45) is 0 Å². The third kappa shape index (κ3) is 3.76. The summed E-state index contributed by atoms with van der Waals surface area (Å²) in [5.74, 6) is -0.190. The molecule has 0 bridgehead atoms. The molecule has 2 heterocycles. The minimum Gasteiger partial charge on any atom is -0.321 e. The van der Waals surface area contributed by atoms with E-state index in [1.807, 2.05) is 46.7 Å². The molecular weight excluding hydrogens is 404 g/mol. The van der Waals surface area contributed by atoms with Crippen molar-refractivity contribution < 1.29 is 9.59 Å². The minimum atomic E-state index is -0.145. The minimum absolute atomic E-state index is 0.0450. The van der Waals surface area contributed by atoms with Crippen molar-refractivity contribution in [3.8, 4) is 11.1 Å². The molecule has 0 aliphatic carbocycles. The summed E-state index contributed by atoms with van der Waals surface area (Å²) in [6.07, 6.45) is 0.797. The van der Waals surface area contributed by atoms with Crippen LogP contribution in [-0.4, -0.2) is 18.4 Å². The quantitative estimate of drug-likeness (QED) is 0.447. The Kier molecular flexibility index (Phi) is 5.10. The molecule has 0 spiro atoms. The van der Waals surface area contributed by atoms with Crippen LogP contribution < -0.4 is 10.2 Å². The smallest absolute Gasteiger partial charge is 0.265 e. The number of anilines is 2. The van der Waals surface area contributed by atoms with Gasteiger partial charge >= 0.3 is 0 Å². The van der Waals surface area contributed by atoms with Gasteiger partial charge in [-0.3, -0.25) is 9.59 Å². The van der Waals surface area contributed by atoms with Gasteiger partial charge in [0.1, 0.15) is 0 Å². The fourth-order valence-electron chi connectivity index (χ4n) is 3.95. The molecule has 0 unspecified atom stereocenters. The lowest BCUT2D eigenvalue weighted by Gasteiger charge is -2.23. The number of nitrogens with zero attached hydrogens (tertiary/aromatic N) is 1.